The highest BCUT2D eigenvalue weighted by atomic mass is 15.5. The van der Waals surface area contributed by atoms with Gasteiger partial charge in [0.1, 0.15) is 0 Å². The van der Waals surface area contributed by atoms with E-state index in [-0.39, 0.29) is 0 Å². The zero-order valence-electron chi connectivity index (χ0n) is 5.22. The van der Waals surface area contributed by atoms with E-state index < -0.39 is 0 Å². The molecule has 0 heterocycles. The molecule has 2 heteroatoms. The summed E-state index contributed by atoms with van der Waals surface area (Å²) in [7, 11) is 0. The molecule has 0 aliphatic carbocycles. The molecular weight excluding hydrogens is 100 g/mol. The number of hydrogen-bond acceptors (Lipinski definition) is 2. The maximum Gasteiger partial charge on any atom is 0.0358 e. The Labute approximate surface area is 50.5 Å². The first-order chi connectivity index (χ1) is 3.85. The molecule has 0 saturated carbocycles. The van der Waals surface area contributed by atoms with Crippen LogP contribution in [0.15, 0.2) is 25.6 Å². The van der Waals surface area contributed by atoms with Gasteiger partial charge in [-0.1, -0.05) is 13.2 Å². The molecule has 0 aromatic rings. The van der Waals surface area contributed by atoms with Gasteiger partial charge in [0.05, 0.1) is 0 Å². The molecule has 0 aliphatic heterocycles. The number of hydrogen-bond donors (Lipinski definition) is 1. The van der Waals surface area contributed by atoms with Crippen molar-refractivity contribution in [1.29, 1.82) is 0 Å². The number of nitrogens with one attached hydrogen (secondary N) is 1. The van der Waals surface area contributed by atoms with Crippen LogP contribution in [0.4, 0.5) is 0 Å². The number of rotatable bonds is 4. The van der Waals surface area contributed by atoms with Crippen molar-refractivity contribution >= 4 is 0 Å². The molecule has 0 atom stereocenters. The third-order valence-corrected chi connectivity index (χ3v) is 0.818. The topological polar surface area (TPSA) is 15.3 Å². The lowest BCUT2D eigenvalue weighted by atomic mass is 10.7. The Bertz CT molecular complexity index is 78.6. The fourth-order valence-electron chi connectivity index (χ4n) is 0.390. The standard InChI is InChI=1S/C6H12N2/c1-4-7-8(5-2)6-3/h4-5,7H,1-2,6H2,3H3. The molecule has 0 aliphatic rings. The molecule has 2 nitrogen and oxygen atoms in total. The maximum atomic E-state index is 3.57. The van der Waals surface area contributed by atoms with Gasteiger partial charge < -0.3 is 5.43 Å². The summed E-state index contributed by atoms with van der Waals surface area (Å²) in [5.74, 6) is 0. The second-order valence-corrected chi connectivity index (χ2v) is 1.30. The highest BCUT2D eigenvalue weighted by molar-refractivity contribution is 4.69. The van der Waals surface area contributed by atoms with Crippen LogP contribution < -0.4 is 5.43 Å². The van der Waals surface area contributed by atoms with Gasteiger partial charge in [-0.25, -0.2) is 0 Å². The van der Waals surface area contributed by atoms with Crippen LogP contribution in [-0.2, 0) is 0 Å². The normalized spacial score (nSPS) is 7.62. The van der Waals surface area contributed by atoms with Crippen LogP contribution in [0, 0.1) is 0 Å². The summed E-state index contributed by atoms with van der Waals surface area (Å²) in [6.45, 7) is 9.99. The molecule has 46 valence electrons. The van der Waals surface area contributed by atoms with E-state index in [1.54, 1.807) is 12.4 Å². The van der Waals surface area contributed by atoms with Crippen molar-refractivity contribution in [2.45, 2.75) is 6.92 Å². The van der Waals surface area contributed by atoms with E-state index in [0.29, 0.717) is 0 Å². The van der Waals surface area contributed by atoms with Gasteiger partial charge in [-0.2, -0.15) is 0 Å². The molecule has 1 N–H and O–H groups in total. The summed E-state index contributed by atoms with van der Waals surface area (Å²) in [6, 6.07) is 0. The Morgan fingerprint density at radius 1 is 1.62 bits per heavy atom. The van der Waals surface area contributed by atoms with Crippen LogP contribution in [0.5, 0.6) is 0 Å². The van der Waals surface area contributed by atoms with Crippen LogP contribution in [0.2, 0.25) is 0 Å². The minimum absolute atomic E-state index is 0.898. The van der Waals surface area contributed by atoms with Crippen molar-refractivity contribution in [1.82, 2.24) is 10.4 Å². The highest BCUT2D eigenvalue weighted by Crippen LogP contribution is 1.77. The Balaban J connectivity index is 3.35. The van der Waals surface area contributed by atoms with Crippen molar-refractivity contribution in [2.75, 3.05) is 6.54 Å². The maximum absolute atomic E-state index is 3.57. The molecule has 0 aromatic carbocycles. The van der Waals surface area contributed by atoms with Crippen LogP contribution in [0.25, 0.3) is 0 Å². The van der Waals surface area contributed by atoms with Gasteiger partial charge in [0.15, 0.2) is 0 Å². The molecule has 8 heavy (non-hydrogen) atoms. The molecule has 0 spiro atoms. The van der Waals surface area contributed by atoms with Gasteiger partial charge in [0, 0.05) is 18.9 Å². The average Bonchev–Trinajstić information content (AvgIpc) is 1.83. The average molecular weight is 112 g/mol. The molecule has 0 saturated heterocycles. The van der Waals surface area contributed by atoms with Gasteiger partial charge in [0.25, 0.3) is 0 Å². The van der Waals surface area contributed by atoms with Crippen molar-refractivity contribution in [3.05, 3.63) is 25.6 Å². The van der Waals surface area contributed by atoms with E-state index in [0.717, 1.165) is 6.54 Å². The molecule has 0 radical (unpaired) electrons. The van der Waals surface area contributed by atoms with Crippen molar-refractivity contribution in [3.8, 4) is 0 Å². The van der Waals surface area contributed by atoms with E-state index >= 15 is 0 Å². The molecule has 0 rings (SSSR count). The van der Waals surface area contributed by atoms with Gasteiger partial charge >= 0.3 is 0 Å². The lowest BCUT2D eigenvalue weighted by molar-refractivity contribution is 0.335. The van der Waals surface area contributed by atoms with Crippen molar-refractivity contribution < 1.29 is 0 Å². The molecule has 0 fully saturated rings. The first-order valence-electron chi connectivity index (χ1n) is 2.61. The highest BCUT2D eigenvalue weighted by Gasteiger charge is 1.83. The van der Waals surface area contributed by atoms with Gasteiger partial charge in [-0.15, -0.1) is 0 Å². The zero-order chi connectivity index (χ0) is 6.41. The summed E-state index contributed by atoms with van der Waals surface area (Å²) >= 11 is 0. The second kappa shape index (κ2) is 4.24. The molecular formula is C6H12N2. The first kappa shape index (κ1) is 7.08. The van der Waals surface area contributed by atoms with E-state index in [4.69, 9.17) is 0 Å². The van der Waals surface area contributed by atoms with Gasteiger partial charge in [-0.3, -0.25) is 5.01 Å². The number of hydrazine groups is 1. The molecule has 0 amide bonds. The van der Waals surface area contributed by atoms with Crippen LogP contribution >= 0.6 is 0 Å². The summed E-state index contributed by atoms with van der Waals surface area (Å²) in [4.78, 5) is 0. The lowest BCUT2D eigenvalue weighted by Gasteiger charge is -2.15. The zero-order valence-corrected chi connectivity index (χ0v) is 5.22. The number of nitrogens with zero attached hydrogens (tertiary/aromatic N) is 1. The SMILES string of the molecule is C=CNN(C=C)CC. The van der Waals surface area contributed by atoms with E-state index in [2.05, 4.69) is 18.6 Å². The Morgan fingerprint density at radius 3 is 2.38 bits per heavy atom. The summed E-state index contributed by atoms with van der Waals surface area (Å²) < 4.78 is 0. The fraction of sp³-hybridized carbons (Fsp3) is 0.333. The largest absolute Gasteiger partial charge is 0.307 e. The molecule has 0 bridgehead atoms. The summed E-state index contributed by atoms with van der Waals surface area (Å²) in [5.41, 5.74) is 2.86. The lowest BCUT2D eigenvalue weighted by Crippen LogP contribution is -2.27. The monoisotopic (exact) mass is 112 g/mol. The summed E-state index contributed by atoms with van der Waals surface area (Å²) in [5, 5.41) is 1.83. The Morgan fingerprint density at radius 2 is 2.25 bits per heavy atom. The smallest absolute Gasteiger partial charge is 0.0358 e. The van der Waals surface area contributed by atoms with Crippen LogP contribution in [0.1, 0.15) is 6.92 Å². The second-order valence-electron chi connectivity index (χ2n) is 1.30. The predicted octanol–water partition coefficient (Wildman–Crippen LogP) is 1.10. The van der Waals surface area contributed by atoms with E-state index in [9.17, 15) is 0 Å². The quantitative estimate of drug-likeness (QED) is 0.548. The Hall–Kier alpha value is -0.920. The molecule has 0 aromatic heterocycles. The third kappa shape index (κ3) is 2.29. The minimum Gasteiger partial charge on any atom is -0.307 e. The predicted molar refractivity (Wildman–Crippen MR) is 35.9 cm³/mol. The van der Waals surface area contributed by atoms with E-state index in [1.807, 2.05) is 11.9 Å². The van der Waals surface area contributed by atoms with Crippen LogP contribution in [0.3, 0.4) is 0 Å². The Kier molecular flexibility index (Phi) is 3.76. The van der Waals surface area contributed by atoms with Gasteiger partial charge in [-0.05, 0) is 6.92 Å². The first-order valence-corrected chi connectivity index (χ1v) is 2.61. The van der Waals surface area contributed by atoms with Gasteiger partial charge in [0.2, 0.25) is 0 Å². The van der Waals surface area contributed by atoms with Crippen LogP contribution in [-0.4, -0.2) is 11.6 Å². The fourth-order valence-corrected chi connectivity index (χ4v) is 0.390. The minimum atomic E-state index is 0.898. The van der Waals surface area contributed by atoms with E-state index in [1.165, 1.54) is 0 Å². The summed E-state index contributed by atoms with van der Waals surface area (Å²) in [6.07, 6.45) is 3.33. The van der Waals surface area contributed by atoms with Crippen molar-refractivity contribution in [3.63, 3.8) is 0 Å². The van der Waals surface area contributed by atoms with Crippen molar-refractivity contribution in [2.24, 2.45) is 0 Å². The third-order valence-electron chi connectivity index (χ3n) is 0.818. The molecule has 0 unspecified atom stereocenters.